The molecule has 1 atom stereocenters. The zero-order valence-electron chi connectivity index (χ0n) is 18.9. The van der Waals surface area contributed by atoms with Gasteiger partial charge in [0.25, 0.3) is 5.89 Å². The van der Waals surface area contributed by atoms with Gasteiger partial charge < -0.3 is 14.6 Å². The van der Waals surface area contributed by atoms with Crippen LogP contribution in [-0.4, -0.2) is 34.7 Å². The second kappa shape index (κ2) is 9.26. The van der Waals surface area contributed by atoms with Gasteiger partial charge in [-0.05, 0) is 44.0 Å². The first-order valence-corrected chi connectivity index (χ1v) is 10.9. The van der Waals surface area contributed by atoms with Crippen LogP contribution in [0.5, 0.6) is 5.75 Å². The maximum atomic E-state index is 13.0. The fraction of sp³-hybridized carbons (Fsp3) is 0.320. The number of nitrogens with one attached hydrogen (secondary N) is 1. The van der Waals surface area contributed by atoms with Gasteiger partial charge in [0, 0.05) is 17.8 Å². The minimum absolute atomic E-state index is 0.133. The molecule has 7 heteroatoms. The van der Waals surface area contributed by atoms with E-state index in [9.17, 15) is 4.79 Å². The number of aromatic nitrogens is 2. The van der Waals surface area contributed by atoms with Gasteiger partial charge in [-0.3, -0.25) is 4.90 Å². The minimum Gasteiger partial charge on any atom is -0.497 e. The van der Waals surface area contributed by atoms with E-state index in [4.69, 9.17) is 14.2 Å². The predicted molar refractivity (Wildman–Crippen MR) is 123 cm³/mol. The molecule has 0 spiro atoms. The van der Waals surface area contributed by atoms with E-state index in [2.05, 4.69) is 17.4 Å². The number of aryl methyl sites for hydroxylation is 1. The molecule has 166 valence electrons. The SMILES string of the molecule is CCCCN1C(=O)NC(c2cccc(OC)c2)C(c2nc(-c3cccc(C)c3)no2)=C1C. The molecular formula is C25H28N4O3. The molecule has 1 aliphatic rings. The molecule has 4 rings (SSSR count). The van der Waals surface area contributed by atoms with Gasteiger partial charge in [-0.2, -0.15) is 4.98 Å². The van der Waals surface area contributed by atoms with Crippen LogP contribution in [0.2, 0.25) is 0 Å². The number of methoxy groups -OCH3 is 1. The van der Waals surface area contributed by atoms with Crippen molar-refractivity contribution in [3.63, 3.8) is 0 Å². The molecule has 2 aromatic carbocycles. The number of hydrogen-bond donors (Lipinski definition) is 1. The lowest BCUT2D eigenvalue weighted by Gasteiger charge is -2.35. The summed E-state index contributed by atoms with van der Waals surface area (Å²) in [7, 11) is 1.62. The lowest BCUT2D eigenvalue weighted by Crippen LogP contribution is -2.46. The van der Waals surface area contributed by atoms with Gasteiger partial charge in [0.2, 0.25) is 5.82 Å². The molecule has 1 unspecified atom stereocenters. The summed E-state index contributed by atoms with van der Waals surface area (Å²) in [4.78, 5) is 19.4. The second-order valence-electron chi connectivity index (χ2n) is 7.96. The fourth-order valence-electron chi connectivity index (χ4n) is 3.95. The van der Waals surface area contributed by atoms with Crippen molar-refractivity contribution in [2.45, 2.75) is 39.7 Å². The Labute approximate surface area is 188 Å². The smallest absolute Gasteiger partial charge is 0.322 e. The summed E-state index contributed by atoms with van der Waals surface area (Å²) in [5.41, 5.74) is 4.50. The molecule has 32 heavy (non-hydrogen) atoms. The van der Waals surface area contributed by atoms with Gasteiger partial charge in [0.1, 0.15) is 5.75 Å². The number of carbonyl (C=O) groups is 1. The number of amides is 2. The average molecular weight is 433 g/mol. The third-order valence-corrected chi connectivity index (χ3v) is 5.69. The van der Waals surface area contributed by atoms with E-state index in [1.165, 1.54) is 0 Å². The summed E-state index contributed by atoms with van der Waals surface area (Å²) in [5, 5.41) is 7.35. The number of hydrogen-bond acceptors (Lipinski definition) is 5. The van der Waals surface area contributed by atoms with E-state index in [0.717, 1.165) is 40.8 Å². The third kappa shape index (κ3) is 4.23. The number of carbonyl (C=O) groups excluding carboxylic acids is 1. The Balaban J connectivity index is 1.81. The first kappa shape index (κ1) is 21.6. The lowest BCUT2D eigenvalue weighted by molar-refractivity contribution is 0.204. The van der Waals surface area contributed by atoms with Crippen LogP contribution in [0.3, 0.4) is 0 Å². The van der Waals surface area contributed by atoms with Crippen LogP contribution in [0.25, 0.3) is 17.0 Å². The van der Waals surface area contributed by atoms with Crippen LogP contribution in [0.1, 0.15) is 49.7 Å². The first-order chi connectivity index (χ1) is 15.5. The van der Waals surface area contributed by atoms with Gasteiger partial charge >= 0.3 is 6.03 Å². The predicted octanol–water partition coefficient (Wildman–Crippen LogP) is 5.35. The standard InChI is InChI=1S/C25H28N4O3/c1-5-6-13-29-17(3)21(22(26-25(29)30)18-10-8-12-20(15-18)31-4)24-27-23(28-32-24)19-11-7-9-16(2)14-19/h7-12,14-15,22H,5-6,13H2,1-4H3,(H,26,30). The number of urea groups is 1. The van der Waals surface area contributed by atoms with Gasteiger partial charge in [-0.1, -0.05) is 54.4 Å². The molecule has 2 heterocycles. The van der Waals surface area contributed by atoms with Gasteiger partial charge in [0.15, 0.2) is 0 Å². The molecular weight excluding hydrogens is 404 g/mol. The molecule has 0 saturated carbocycles. The fourth-order valence-corrected chi connectivity index (χ4v) is 3.95. The Morgan fingerprint density at radius 3 is 2.72 bits per heavy atom. The number of nitrogens with zero attached hydrogens (tertiary/aromatic N) is 3. The van der Waals surface area contributed by atoms with Crippen LogP contribution < -0.4 is 10.1 Å². The summed E-state index contributed by atoms with van der Waals surface area (Å²) in [6, 6.07) is 15.1. The normalized spacial score (nSPS) is 16.3. The van der Waals surface area contributed by atoms with Crippen molar-refractivity contribution in [1.29, 1.82) is 0 Å². The van der Waals surface area contributed by atoms with E-state index in [0.29, 0.717) is 24.0 Å². The van der Waals surface area contributed by atoms with Crippen LogP contribution in [0, 0.1) is 6.92 Å². The molecule has 1 aliphatic heterocycles. The van der Waals surface area contributed by atoms with E-state index < -0.39 is 6.04 Å². The quantitative estimate of drug-likeness (QED) is 0.544. The molecule has 0 bridgehead atoms. The van der Waals surface area contributed by atoms with Gasteiger partial charge in [-0.25, -0.2) is 4.79 Å². The number of rotatable bonds is 7. The van der Waals surface area contributed by atoms with Crippen LogP contribution in [0.4, 0.5) is 4.79 Å². The van der Waals surface area contributed by atoms with Crippen molar-refractivity contribution < 1.29 is 14.1 Å². The second-order valence-corrected chi connectivity index (χ2v) is 7.96. The summed E-state index contributed by atoms with van der Waals surface area (Å²) < 4.78 is 11.1. The van der Waals surface area contributed by atoms with Crippen molar-refractivity contribution in [2.24, 2.45) is 0 Å². The zero-order valence-corrected chi connectivity index (χ0v) is 18.9. The molecule has 0 aliphatic carbocycles. The van der Waals surface area contributed by atoms with Crippen molar-refractivity contribution in [2.75, 3.05) is 13.7 Å². The monoisotopic (exact) mass is 432 g/mol. The largest absolute Gasteiger partial charge is 0.497 e. The molecule has 7 nitrogen and oxygen atoms in total. The topological polar surface area (TPSA) is 80.5 Å². The van der Waals surface area contributed by atoms with Crippen LogP contribution in [-0.2, 0) is 0 Å². The number of unbranched alkanes of at least 4 members (excludes halogenated alkanes) is 1. The van der Waals surface area contributed by atoms with Crippen LogP contribution in [0.15, 0.2) is 58.8 Å². The Morgan fingerprint density at radius 1 is 1.16 bits per heavy atom. The van der Waals surface area contributed by atoms with Gasteiger partial charge in [0.05, 0.1) is 18.7 Å². The van der Waals surface area contributed by atoms with E-state index >= 15 is 0 Å². The number of benzene rings is 2. The zero-order chi connectivity index (χ0) is 22.7. The maximum Gasteiger partial charge on any atom is 0.322 e. The number of ether oxygens (including phenoxy) is 1. The summed E-state index contributed by atoms with van der Waals surface area (Å²) in [5.74, 6) is 1.63. The maximum absolute atomic E-state index is 13.0. The molecule has 0 saturated heterocycles. The highest BCUT2D eigenvalue weighted by Gasteiger charge is 2.35. The highest BCUT2D eigenvalue weighted by atomic mass is 16.5. The Bertz CT molecular complexity index is 1150. The minimum atomic E-state index is -0.429. The molecule has 0 radical (unpaired) electrons. The first-order valence-electron chi connectivity index (χ1n) is 10.9. The molecule has 3 aromatic rings. The third-order valence-electron chi connectivity index (χ3n) is 5.69. The van der Waals surface area contributed by atoms with Crippen molar-refractivity contribution >= 4 is 11.6 Å². The summed E-state index contributed by atoms with van der Waals surface area (Å²) in [6.07, 6.45) is 1.89. The summed E-state index contributed by atoms with van der Waals surface area (Å²) >= 11 is 0. The van der Waals surface area contributed by atoms with Crippen molar-refractivity contribution in [3.05, 3.63) is 71.2 Å². The van der Waals surface area contributed by atoms with Crippen molar-refractivity contribution in [1.82, 2.24) is 20.4 Å². The van der Waals surface area contributed by atoms with Gasteiger partial charge in [-0.15, -0.1) is 0 Å². The Hall–Kier alpha value is -3.61. The highest BCUT2D eigenvalue weighted by Crippen LogP contribution is 2.38. The van der Waals surface area contributed by atoms with E-state index in [-0.39, 0.29) is 6.03 Å². The molecule has 2 amide bonds. The van der Waals surface area contributed by atoms with E-state index in [1.807, 2.05) is 62.4 Å². The van der Waals surface area contributed by atoms with E-state index in [1.54, 1.807) is 12.0 Å². The Kier molecular flexibility index (Phi) is 6.25. The average Bonchev–Trinajstić information content (AvgIpc) is 3.28. The summed E-state index contributed by atoms with van der Waals surface area (Å²) in [6.45, 7) is 6.69. The lowest BCUT2D eigenvalue weighted by atomic mass is 9.94. The number of allylic oxidation sites excluding steroid dienone is 1. The van der Waals surface area contributed by atoms with Crippen LogP contribution >= 0.6 is 0 Å². The molecule has 0 fully saturated rings. The highest BCUT2D eigenvalue weighted by molar-refractivity contribution is 5.87. The Morgan fingerprint density at radius 2 is 1.97 bits per heavy atom. The molecule has 1 N–H and O–H groups in total. The van der Waals surface area contributed by atoms with Crippen molar-refractivity contribution in [3.8, 4) is 17.1 Å². The molecule has 1 aromatic heterocycles.